The fraction of sp³-hybridized carbons (Fsp3) is 0.467. The van der Waals surface area contributed by atoms with Crippen LogP contribution in [-0.4, -0.2) is 22.2 Å². The van der Waals surface area contributed by atoms with Crippen molar-refractivity contribution in [2.24, 2.45) is 0 Å². The molecule has 0 spiro atoms. The molecule has 2 aliphatic heterocycles. The molecule has 0 fully saturated rings. The molecule has 4 heteroatoms. The minimum Gasteiger partial charge on any atom is -0.343 e. The zero-order valence-electron chi connectivity index (χ0n) is 20.3. The molecule has 4 heterocycles. The molecule has 0 amide bonds. The molecule has 0 saturated heterocycles. The van der Waals surface area contributed by atoms with Gasteiger partial charge in [0.1, 0.15) is 0 Å². The number of fused-ring (bicyclic) bond motifs is 6. The lowest BCUT2D eigenvalue weighted by Gasteiger charge is -2.15. The maximum Gasteiger partial charge on any atom is 0.0531 e. The van der Waals surface area contributed by atoms with Gasteiger partial charge in [0.25, 0.3) is 0 Å². The average Bonchev–Trinajstić information content (AvgIpc) is 3.15. The van der Waals surface area contributed by atoms with Gasteiger partial charge in [-0.05, 0) is 73.6 Å². The quantitative estimate of drug-likeness (QED) is 0.382. The highest BCUT2D eigenvalue weighted by atomic mass is 15.1. The van der Waals surface area contributed by atoms with Gasteiger partial charge in [-0.15, -0.1) is 0 Å². The second-order valence-electron chi connectivity index (χ2n) is 10.5. The number of aromatic nitrogens is 2. The Hall–Kier alpha value is -2.56. The maximum absolute atomic E-state index is 3.53. The van der Waals surface area contributed by atoms with Gasteiger partial charge in [0, 0.05) is 61.4 Å². The first-order chi connectivity index (χ1) is 16.9. The third kappa shape index (κ3) is 3.26. The van der Waals surface area contributed by atoms with E-state index in [0.29, 0.717) is 0 Å². The number of hydrogen-bond acceptors (Lipinski definition) is 2. The predicted octanol–water partition coefficient (Wildman–Crippen LogP) is 5.25. The summed E-state index contributed by atoms with van der Waals surface area (Å²) in [5.41, 5.74) is 12.5. The molecule has 0 unspecified atom stereocenters. The lowest BCUT2D eigenvalue weighted by atomic mass is 9.95. The van der Waals surface area contributed by atoms with Gasteiger partial charge >= 0.3 is 0 Å². The Morgan fingerprint density at radius 2 is 1.03 bits per heavy atom. The summed E-state index contributed by atoms with van der Waals surface area (Å²) in [6.07, 6.45) is 10.6. The Balaban J connectivity index is 0.000000118. The van der Waals surface area contributed by atoms with Gasteiger partial charge in [-0.25, -0.2) is 0 Å². The van der Waals surface area contributed by atoms with Crippen LogP contribution in [0.3, 0.4) is 0 Å². The number of rotatable bonds is 0. The van der Waals surface area contributed by atoms with Crippen molar-refractivity contribution in [2.75, 3.05) is 13.1 Å². The summed E-state index contributed by atoms with van der Waals surface area (Å²) in [5.74, 6) is 0. The number of para-hydroxylation sites is 2. The third-order valence-corrected chi connectivity index (χ3v) is 8.61. The van der Waals surface area contributed by atoms with Crippen molar-refractivity contribution in [3.05, 3.63) is 70.0 Å². The topological polar surface area (TPSA) is 33.9 Å². The molecule has 2 aromatic carbocycles. The minimum atomic E-state index is 1.03. The van der Waals surface area contributed by atoms with Crippen LogP contribution in [0, 0.1) is 0 Å². The normalized spacial score (nSPS) is 19.1. The second-order valence-corrected chi connectivity index (χ2v) is 10.5. The first-order valence-electron chi connectivity index (χ1n) is 13.6. The number of nitrogens with zero attached hydrogens (tertiary/aromatic N) is 2. The van der Waals surface area contributed by atoms with Crippen LogP contribution >= 0.6 is 0 Å². The lowest BCUT2D eigenvalue weighted by Crippen LogP contribution is -2.17. The van der Waals surface area contributed by atoms with Crippen molar-refractivity contribution in [2.45, 2.75) is 77.5 Å². The fourth-order valence-corrected chi connectivity index (χ4v) is 7.14. The first kappa shape index (κ1) is 20.8. The van der Waals surface area contributed by atoms with Crippen molar-refractivity contribution in [3.63, 3.8) is 0 Å². The fourth-order valence-electron chi connectivity index (χ4n) is 7.14. The molecular weight excluding hydrogens is 416 g/mol. The van der Waals surface area contributed by atoms with Gasteiger partial charge in [0.05, 0.1) is 11.0 Å². The molecular formula is C30H36N4. The molecule has 2 aliphatic carbocycles. The molecule has 2 N–H and O–H groups in total. The Morgan fingerprint density at radius 1 is 0.559 bits per heavy atom. The van der Waals surface area contributed by atoms with Crippen molar-refractivity contribution < 1.29 is 0 Å². The van der Waals surface area contributed by atoms with Crippen LogP contribution in [0.2, 0.25) is 0 Å². The van der Waals surface area contributed by atoms with Gasteiger partial charge in [0.2, 0.25) is 0 Å². The standard InChI is InChI=1S/2C15H18N2/c2*1-2-7-14-12(5-1)13-6-3-4-11-10-16-8-9-17(14)15(11)13/h2*3-4,6,16H,1-2,5,7-10H2. The van der Waals surface area contributed by atoms with Crippen molar-refractivity contribution in [1.82, 2.24) is 19.8 Å². The molecule has 8 rings (SSSR count). The number of benzene rings is 2. The minimum absolute atomic E-state index is 1.03. The molecule has 2 aromatic heterocycles. The molecule has 4 aliphatic rings. The van der Waals surface area contributed by atoms with Crippen molar-refractivity contribution in [1.29, 1.82) is 0 Å². The summed E-state index contributed by atoms with van der Waals surface area (Å²) < 4.78 is 5.19. The Bertz CT molecular complexity index is 1270. The first-order valence-corrected chi connectivity index (χ1v) is 13.6. The molecule has 176 valence electrons. The third-order valence-electron chi connectivity index (χ3n) is 8.61. The molecule has 4 nitrogen and oxygen atoms in total. The maximum atomic E-state index is 3.53. The SMILES string of the molecule is c1cc2c3c(c1)c1c(n3CCNC2)CCCC1.c1cc2c3c(c1)c1c(n3CCNC2)CCCC1. The van der Waals surface area contributed by atoms with Crippen LogP contribution in [0.25, 0.3) is 21.8 Å². The van der Waals surface area contributed by atoms with E-state index < -0.39 is 0 Å². The van der Waals surface area contributed by atoms with E-state index in [1.165, 1.54) is 84.3 Å². The summed E-state index contributed by atoms with van der Waals surface area (Å²) in [6.45, 7) is 6.54. The number of aryl methyl sites for hydroxylation is 2. The van der Waals surface area contributed by atoms with Crippen molar-refractivity contribution >= 4 is 21.8 Å². The van der Waals surface area contributed by atoms with Crippen LogP contribution < -0.4 is 10.6 Å². The summed E-state index contributed by atoms with van der Waals surface area (Å²) in [4.78, 5) is 0. The second kappa shape index (κ2) is 8.58. The van der Waals surface area contributed by atoms with Gasteiger partial charge in [-0.2, -0.15) is 0 Å². The molecule has 0 radical (unpaired) electrons. The van der Waals surface area contributed by atoms with Crippen LogP contribution in [0.15, 0.2) is 36.4 Å². The highest BCUT2D eigenvalue weighted by Gasteiger charge is 2.23. The van der Waals surface area contributed by atoms with Gasteiger partial charge in [0.15, 0.2) is 0 Å². The molecule has 4 aromatic rings. The predicted molar refractivity (Wildman–Crippen MR) is 141 cm³/mol. The van der Waals surface area contributed by atoms with E-state index in [1.54, 1.807) is 22.5 Å². The number of hydrogen-bond donors (Lipinski definition) is 2. The molecule has 0 atom stereocenters. The Kier molecular flexibility index (Phi) is 5.25. The summed E-state index contributed by atoms with van der Waals surface area (Å²) in [6, 6.07) is 13.7. The highest BCUT2D eigenvalue weighted by Crippen LogP contribution is 2.35. The van der Waals surface area contributed by atoms with E-state index in [2.05, 4.69) is 56.2 Å². The van der Waals surface area contributed by atoms with Gasteiger partial charge in [-0.1, -0.05) is 36.4 Å². The summed E-state index contributed by atoms with van der Waals surface area (Å²) in [5, 5.41) is 10.1. The van der Waals surface area contributed by atoms with E-state index in [9.17, 15) is 0 Å². The molecule has 0 saturated carbocycles. The van der Waals surface area contributed by atoms with Crippen LogP contribution in [0.1, 0.15) is 59.3 Å². The Labute approximate surface area is 202 Å². The Morgan fingerprint density at radius 3 is 1.53 bits per heavy atom. The largest absolute Gasteiger partial charge is 0.343 e. The van der Waals surface area contributed by atoms with Gasteiger partial charge < -0.3 is 19.8 Å². The van der Waals surface area contributed by atoms with Gasteiger partial charge in [-0.3, -0.25) is 0 Å². The number of nitrogens with one attached hydrogen (secondary N) is 2. The average molecular weight is 453 g/mol. The van der Waals surface area contributed by atoms with E-state index in [-0.39, 0.29) is 0 Å². The van der Waals surface area contributed by atoms with E-state index >= 15 is 0 Å². The molecule has 0 bridgehead atoms. The monoisotopic (exact) mass is 452 g/mol. The molecule has 34 heavy (non-hydrogen) atoms. The lowest BCUT2D eigenvalue weighted by molar-refractivity contribution is 0.586. The van der Waals surface area contributed by atoms with E-state index in [0.717, 1.165) is 39.3 Å². The summed E-state index contributed by atoms with van der Waals surface area (Å²) >= 11 is 0. The van der Waals surface area contributed by atoms with Crippen LogP contribution in [0.4, 0.5) is 0 Å². The smallest absolute Gasteiger partial charge is 0.0531 e. The van der Waals surface area contributed by atoms with E-state index in [1.807, 2.05) is 0 Å². The zero-order valence-corrected chi connectivity index (χ0v) is 20.3. The highest BCUT2D eigenvalue weighted by molar-refractivity contribution is 5.89. The van der Waals surface area contributed by atoms with Crippen LogP contribution in [0.5, 0.6) is 0 Å². The van der Waals surface area contributed by atoms with Crippen LogP contribution in [-0.2, 0) is 51.9 Å². The summed E-state index contributed by atoms with van der Waals surface area (Å²) in [7, 11) is 0. The zero-order chi connectivity index (χ0) is 22.5. The van der Waals surface area contributed by atoms with Crippen molar-refractivity contribution in [3.8, 4) is 0 Å². The van der Waals surface area contributed by atoms with E-state index in [4.69, 9.17) is 0 Å².